The Morgan fingerprint density at radius 2 is 2.50 bits per heavy atom. The van der Waals surface area contributed by atoms with E-state index in [9.17, 15) is 9.90 Å². The van der Waals surface area contributed by atoms with Gasteiger partial charge in [0.25, 0.3) is 0 Å². The molecule has 1 aromatic heterocycles. The first kappa shape index (κ1) is 12.3. The Labute approximate surface area is 112 Å². The summed E-state index contributed by atoms with van der Waals surface area (Å²) in [4.78, 5) is 16.7. The molecule has 1 aromatic rings. The average molecular weight is 193 g/mol. The van der Waals surface area contributed by atoms with E-state index in [2.05, 4.69) is 9.97 Å². The van der Waals surface area contributed by atoms with Crippen molar-refractivity contribution in [1.82, 2.24) is 9.97 Å². The normalized spacial score (nSPS) is 11.8. The third kappa shape index (κ3) is 3.79. The van der Waals surface area contributed by atoms with E-state index in [4.69, 9.17) is 5.73 Å². The summed E-state index contributed by atoms with van der Waals surface area (Å²) in [5.41, 5.74) is 5.82. The molecule has 1 heterocycles. The van der Waals surface area contributed by atoms with Crippen molar-refractivity contribution in [3.05, 3.63) is 18.2 Å². The minimum Gasteiger partial charge on any atom is -0.548 e. The Bertz CT molecular complexity index is 237. The number of carboxylic acid groups (broad SMARTS) is 1. The van der Waals surface area contributed by atoms with Gasteiger partial charge in [-0.25, -0.2) is 4.98 Å². The first-order valence-electron chi connectivity index (χ1n) is 3.14. The molecule has 0 aliphatic rings. The van der Waals surface area contributed by atoms with E-state index in [1.54, 1.807) is 6.20 Å². The first-order chi connectivity index (χ1) is 5.20. The van der Waals surface area contributed by atoms with E-state index in [1.807, 2.05) is 0 Å². The summed E-state index contributed by atoms with van der Waals surface area (Å²) in [7, 11) is 0. The monoisotopic (exact) mass is 193 g/mol. The van der Waals surface area contributed by atoms with Crippen LogP contribution in [0.2, 0.25) is 0 Å². The van der Waals surface area contributed by atoms with Crippen LogP contribution in [0.1, 0.15) is 5.69 Å². The zero-order valence-electron chi connectivity index (χ0n) is 6.78. The molecule has 1 atom stereocenters. The molecule has 3 N–H and O–H groups in total. The van der Waals surface area contributed by atoms with Gasteiger partial charge in [0.05, 0.1) is 18.0 Å². The van der Waals surface area contributed by atoms with Crippen molar-refractivity contribution in [3.63, 3.8) is 0 Å². The van der Waals surface area contributed by atoms with Crippen LogP contribution in [0, 0.1) is 0 Å². The molecule has 60 valence electrons. The maximum absolute atomic E-state index is 10.2. The van der Waals surface area contributed by atoms with Gasteiger partial charge in [-0.3, -0.25) is 0 Å². The molecule has 0 saturated carbocycles. The average Bonchev–Trinajstić information content (AvgIpc) is 2.39. The number of imidazole rings is 1. The Kier molecular flexibility index (Phi) is 5.98. The van der Waals surface area contributed by atoms with E-state index in [0.717, 1.165) is 0 Å². The van der Waals surface area contributed by atoms with Crippen LogP contribution < -0.4 is 62.2 Å². The number of nitrogens with one attached hydrogen (secondary N) is 1. The summed E-state index contributed by atoms with van der Waals surface area (Å²) in [5, 5.41) is 10.2. The SMILES string of the molecule is NC(Cc1c[nH]cn1)C(=O)[O-].[K+]. The van der Waals surface area contributed by atoms with Crippen molar-refractivity contribution in [2.75, 3.05) is 0 Å². The van der Waals surface area contributed by atoms with Gasteiger partial charge in [0.2, 0.25) is 0 Å². The summed E-state index contributed by atoms with van der Waals surface area (Å²) in [6.45, 7) is 0. The first-order valence-corrected chi connectivity index (χ1v) is 3.14. The van der Waals surface area contributed by atoms with Crippen molar-refractivity contribution in [1.29, 1.82) is 0 Å². The Hall–Kier alpha value is 0.276. The summed E-state index contributed by atoms with van der Waals surface area (Å²) in [5.74, 6) is -1.26. The Balaban J connectivity index is 0.00000121. The van der Waals surface area contributed by atoms with Gasteiger partial charge in [-0.15, -0.1) is 0 Å². The van der Waals surface area contributed by atoms with Crippen LogP contribution in [0.5, 0.6) is 0 Å². The number of aromatic nitrogens is 2. The molecule has 0 amide bonds. The quantitative estimate of drug-likeness (QED) is 0.470. The van der Waals surface area contributed by atoms with Crippen LogP contribution >= 0.6 is 0 Å². The molecule has 0 spiro atoms. The molecule has 0 aromatic carbocycles. The predicted octanol–water partition coefficient (Wildman–Crippen LogP) is -4.97. The van der Waals surface area contributed by atoms with Crippen molar-refractivity contribution >= 4 is 5.97 Å². The Morgan fingerprint density at radius 3 is 2.92 bits per heavy atom. The van der Waals surface area contributed by atoms with Gasteiger partial charge < -0.3 is 20.6 Å². The van der Waals surface area contributed by atoms with Gasteiger partial charge in [-0.2, -0.15) is 0 Å². The number of carbonyl (C=O) groups is 1. The predicted molar refractivity (Wildman–Crippen MR) is 35.3 cm³/mol. The standard InChI is InChI=1S/C6H9N3O2.K/c7-5(6(10)11)1-4-2-8-3-9-4;/h2-3,5H,1,7H2,(H,8,9)(H,10,11);/q;+1/p-1. The maximum Gasteiger partial charge on any atom is 1.00 e. The van der Waals surface area contributed by atoms with Crippen molar-refractivity contribution in [2.45, 2.75) is 12.5 Å². The third-order valence-electron chi connectivity index (χ3n) is 1.29. The van der Waals surface area contributed by atoms with Crippen LogP contribution in [-0.2, 0) is 11.2 Å². The van der Waals surface area contributed by atoms with Crippen LogP contribution in [0.4, 0.5) is 0 Å². The topological polar surface area (TPSA) is 94.8 Å². The number of nitrogens with two attached hydrogens (primary N) is 1. The number of hydrogen-bond donors (Lipinski definition) is 2. The second-order valence-corrected chi connectivity index (χ2v) is 2.19. The van der Waals surface area contributed by atoms with Gasteiger partial charge in [-0.05, 0) is 0 Å². The van der Waals surface area contributed by atoms with Gasteiger partial charge in [-0.1, -0.05) is 0 Å². The summed E-state index contributed by atoms with van der Waals surface area (Å²) in [6, 6.07) is -0.974. The third-order valence-corrected chi connectivity index (χ3v) is 1.29. The summed E-state index contributed by atoms with van der Waals surface area (Å²) in [6.07, 6.45) is 3.27. The van der Waals surface area contributed by atoms with Crippen LogP contribution in [0.15, 0.2) is 12.5 Å². The van der Waals surface area contributed by atoms with Crippen molar-refractivity contribution < 1.29 is 61.3 Å². The van der Waals surface area contributed by atoms with Gasteiger partial charge in [0.1, 0.15) is 0 Å². The van der Waals surface area contributed by atoms with Crippen LogP contribution in [0.3, 0.4) is 0 Å². The zero-order chi connectivity index (χ0) is 8.27. The summed E-state index contributed by atoms with van der Waals surface area (Å²) >= 11 is 0. The molecule has 0 aliphatic carbocycles. The molecule has 1 rings (SSSR count). The molecule has 1 unspecified atom stereocenters. The summed E-state index contributed by atoms with van der Waals surface area (Å²) < 4.78 is 0. The van der Waals surface area contributed by atoms with Gasteiger partial charge in [0.15, 0.2) is 0 Å². The number of carboxylic acids is 1. The smallest absolute Gasteiger partial charge is 0.548 e. The minimum absolute atomic E-state index is 0. The number of rotatable bonds is 3. The number of hydrogen-bond acceptors (Lipinski definition) is 4. The minimum atomic E-state index is -1.26. The Morgan fingerprint density at radius 1 is 1.83 bits per heavy atom. The number of aromatic amines is 1. The van der Waals surface area contributed by atoms with Gasteiger partial charge >= 0.3 is 51.4 Å². The fraction of sp³-hybridized carbons (Fsp3) is 0.333. The molecular formula is C6H8KN3O2. The van der Waals surface area contributed by atoms with E-state index < -0.39 is 12.0 Å². The second kappa shape index (κ2) is 5.84. The second-order valence-electron chi connectivity index (χ2n) is 2.19. The molecule has 6 heteroatoms. The molecule has 5 nitrogen and oxygen atoms in total. The molecular weight excluding hydrogens is 185 g/mol. The van der Waals surface area contributed by atoms with Crippen LogP contribution in [-0.4, -0.2) is 22.0 Å². The fourth-order valence-electron chi connectivity index (χ4n) is 0.711. The molecule has 0 aliphatic heterocycles. The van der Waals surface area contributed by atoms with E-state index >= 15 is 0 Å². The van der Waals surface area contributed by atoms with E-state index in [0.29, 0.717) is 5.69 Å². The molecule has 0 fully saturated rings. The largest absolute Gasteiger partial charge is 1.00 e. The van der Waals surface area contributed by atoms with Crippen molar-refractivity contribution in [2.24, 2.45) is 5.73 Å². The molecule has 0 bridgehead atoms. The number of carbonyl (C=O) groups excluding carboxylic acids is 1. The zero-order valence-corrected chi connectivity index (χ0v) is 9.90. The van der Waals surface area contributed by atoms with E-state index in [-0.39, 0.29) is 57.8 Å². The van der Waals surface area contributed by atoms with Gasteiger partial charge in [0, 0.05) is 18.7 Å². The van der Waals surface area contributed by atoms with Crippen LogP contribution in [0.25, 0.3) is 0 Å². The molecule has 12 heavy (non-hydrogen) atoms. The number of H-pyrrole nitrogens is 1. The molecule has 0 saturated heterocycles. The molecule has 0 radical (unpaired) electrons. The van der Waals surface area contributed by atoms with E-state index in [1.165, 1.54) is 6.33 Å². The fourth-order valence-corrected chi connectivity index (χ4v) is 0.711. The number of nitrogens with zero attached hydrogens (tertiary/aromatic N) is 1. The number of aliphatic carboxylic acids is 1. The van der Waals surface area contributed by atoms with Crippen molar-refractivity contribution in [3.8, 4) is 0 Å². The maximum atomic E-state index is 10.2.